The predicted molar refractivity (Wildman–Crippen MR) is 104 cm³/mol. The van der Waals surface area contributed by atoms with Crippen LogP contribution in [0, 0.1) is 0 Å². The summed E-state index contributed by atoms with van der Waals surface area (Å²) < 4.78 is 9.54. The Hall–Kier alpha value is -3.19. The van der Waals surface area contributed by atoms with Gasteiger partial charge in [0.25, 0.3) is 0 Å². The highest BCUT2D eigenvalue weighted by Gasteiger charge is 2.30. The summed E-state index contributed by atoms with van der Waals surface area (Å²) in [6, 6.07) is 13.7. The molecule has 0 unspecified atom stereocenters. The van der Waals surface area contributed by atoms with Crippen LogP contribution in [0.15, 0.2) is 48.7 Å². The van der Waals surface area contributed by atoms with E-state index in [4.69, 9.17) is 4.74 Å². The Balaban J connectivity index is 1.38. The second-order valence-corrected chi connectivity index (χ2v) is 7.13. The minimum absolute atomic E-state index is 0.0801. The van der Waals surface area contributed by atoms with E-state index in [1.54, 1.807) is 10.6 Å². The quantitative estimate of drug-likeness (QED) is 0.560. The van der Waals surface area contributed by atoms with Crippen molar-refractivity contribution in [1.82, 2.24) is 24.1 Å². The Morgan fingerprint density at radius 2 is 1.93 bits per heavy atom. The third-order valence-electron chi connectivity index (χ3n) is 5.08. The Bertz CT molecular complexity index is 1130. The molecule has 0 radical (unpaired) electrons. The summed E-state index contributed by atoms with van der Waals surface area (Å²) in [6.45, 7) is 0.226. The maximum atomic E-state index is 9.77. The molecule has 0 saturated heterocycles. The van der Waals surface area contributed by atoms with Crippen molar-refractivity contribution in [2.45, 2.75) is 32.0 Å². The van der Waals surface area contributed by atoms with Crippen LogP contribution in [0.25, 0.3) is 16.9 Å². The van der Waals surface area contributed by atoms with Crippen LogP contribution in [0.3, 0.4) is 0 Å². The maximum absolute atomic E-state index is 9.77. The number of rotatable bonds is 6. The molecule has 0 atom stereocenters. The number of fused-ring (bicyclic) bond motifs is 1. The van der Waals surface area contributed by atoms with Gasteiger partial charge in [0.1, 0.15) is 12.4 Å². The molecule has 1 aliphatic rings. The van der Waals surface area contributed by atoms with Crippen LogP contribution in [0.1, 0.15) is 36.0 Å². The average molecular weight is 375 g/mol. The predicted octanol–water partition coefficient (Wildman–Crippen LogP) is 3.08. The first-order valence-electron chi connectivity index (χ1n) is 9.43. The van der Waals surface area contributed by atoms with E-state index in [9.17, 15) is 5.11 Å². The third kappa shape index (κ3) is 3.03. The normalized spacial score (nSPS) is 13.9. The molecule has 1 aliphatic carbocycles. The molecule has 5 rings (SSSR count). The Labute approximate surface area is 162 Å². The molecule has 3 aromatic heterocycles. The largest absolute Gasteiger partial charge is 0.468 e. The average Bonchev–Trinajstić information content (AvgIpc) is 3.41. The first-order chi connectivity index (χ1) is 13.7. The summed E-state index contributed by atoms with van der Waals surface area (Å²) in [6.07, 6.45) is 4.25. The highest BCUT2D eigenvalue weighted by molar-refractivity contribution is 5.58. The molecular weight excluding hydrogens is 354 g/mol. The second-order valence-electron chi connectivity index (χ2n) is 7.13. The van der Waals surface area contributed by atoms with Gasteiger partial charge in [0.2, 0.25) is 5.88 Å². The molecule has 28 heavy (non-hydrogen) atoms. The van der Waals surface area contributed by atoms with Crippen LogP contribution in [-0.4, -0.2) is 29.3 Å². The number of hydrogen-bond acceptors (Lipinski definition) is 5. The molecule has 0 amide bonds. The third-order valence-corrected chi connectivity index (χ3v) is 5.08. The molecule has 1 fully saturated rings. The maximum Gasteiger partial charge on any atom is 0.232 e. The van der Waals surface area contributed by atoms with Crippen LogP contribution in [0.2, 0.25) is 0 Å². The fourth-order valence-corrected chi connectivity index (χ4v) is 3.41. The van der Waals surface area contributed by atoms with E-state index < -0.39 is 0 Å². The zero-order valence-corrected chi connectivity index (χ0v) is 15.6. The van der Waals surface area contributed by atoms with Gasteiger partial charge in [-0.1, -0.05) is 30.3 Å². The fourth-order valence-electron chi connectivity index (χ4n) is 3.41. The molecule has 4 aromatic rings. The molecular formula is C21H21N5O2. The molecule has 7 nitrogen and oxygen atoms in total. The van der Waals surface area contributed by atoms with Crippen molar-refractivity contribution in [3.63, 3.8) is 0 Å². The number of aliphatic hydroxyl groups excluding tert-OH is 1. The summed E-state index contributed by atoms with van der Waals surface area (Å²) in [5, 5.41) is 14.3. The second kappa shape index (κ2) is 6.76. The smallest absolute Gasteiger partial charge is 0.232 e. The SMILES string of the molecule is Cn1cc(-c2ccccc2)nc1COc1ccc2nc(C3CC3)c(CO)n2n1. The van der Waals surface area contributed by atoms with Crippen molar-refractivity contribution in [3.8, 4) is 17.1 Å². The van der Waals surface area contributed by atoms with E-state index in [-0.39, 0.29) is 6.61 Å². The number of aliphatic hydroxyl groups is 1. The highest BCUT2D eigenvalue weighted by Crippen LogP contribution is 2.41. The fraction of sp³-hybridized carbons (Fsp3) is 0.286. The minimum atomic E-state index is -0.0801. The van der Waals surface area contributed by atoms with Crippen molar-refractivity contribution < 1.29 is 9.84 Å². The van der Waals surface area contributed by atoms with Crippen LogP contribution < -0.4 is 4.74 Å². The van der Waals surface area contributed by atoms with Crippen molar-refractivity contribution >= 4 is 5.65 Å². The van der Waals surface area contributed by atoms with Gasteiger partial charge in [-0.15, -0.1) is 5.10 Å². The zero-order valence-electron chi connectivity index (χ0n) is 15.6. The number of hydrogen-bond donors (Lipinski definition) is 1. The van der Waals surface area contributed by atoms with E-state index in [0.717, 1.165) is 47.0 Å². The summed E-state index contributed by atoms with van der Waals surface area (Å²) in [4.78, 5) is 9.30. The van der Waals surface area contributed by atoms with Crippen LogP contribution in [0.4, 0.5) is 0 Å². The molecule has 7 heteroatoms. The number of imidazole rings is 2. The summed E-state index contributed by atoms with van der Waals surface area (Å²) >= 11 is 0. The first-order valence-corrected chi connectivity index (χ1v) is 9.43. The molecule has 0 bridgehead atoms. The lowest BCUT2D eigenvalue weighted by Gasteiger charge is -2.06. The molecule has 0 aliphatic heterocycles. The Morgan fingerprint density at radius 3 is 2.68 bits per heavy atom. The summed E-state index contributed by atoms with van der Waals surface area (Å²) in [7, 11) is 1.95. The lowest BCUT2D eigenvalue weighted by Crippen LogP contribution is -2.06. The van der Waals surface area contributed by atoms with Gasteiger partial charge in [-0.2, -0.15) is 0 Å². The van der Waals surface area contributed by atoms with Crippen molar-refractivity contribution in [3.05, 3.63) is 65.9 Å². The Morgan fingerprint density at radius 1 is 1.11 bits per heavy atom. The molecule has 0 spiro atoms. The number of nitrogens with zero attached hydrogens (tertiary/aromatic N) is 5. The number of aryl methyl sites for hydroxylation is 1. The molecule has 1 saturated carbocycles. The number of benzene rings is 1. The zero-order chi connectivity index (χ0) is 19.1. The lowest BCUT2D eigenvalue weighted by atomic mass is 10.2. The van der Waals surface area contributed by atoms with E-state index in [0.29, 0.717) is 18.4 Å². The number of ether oxygens (including phenoxy) is 1. The molecule has 142 valence electrons. The standard InChI is InChI=1S/C21H21N5O2/c1-25-11-16(14-5-3-2-4-6-14)22-19(25)13-28-20-10-9-18-23-21(15-7-8-15)17(12-27)26(18)24-20/h2-6,9-11,15,27H,7-8,12-13H2,1H3. The van der Waals surface area contributed by atoms with Gasteiger partial charge < -0.3 is 14.4 Å². The van der Waals surface area contributed by atoms with Crippen LogP contribution >= 0.6 is 0 Å². The Kier molecular flexibility index (Phi) is 4.09. The lowest BCUT2D eigenvalue weighted by molar-refractivity contribution is 0.264. The van der Waals surface area contributed by atoms with Crippen LogP contribution in [0.5, 0.6) is 5.88 Å². The van der Waals surface area contributed by atoms with Crippen LogP contribution in [-0.2, 0) is 20.3 Å². The first kappa shape index (κ1) is 16.9. The van der Waals surface area contributed by atoms with Gasteiger partial charge in [0.05, 0.1) is 23.7 Å². The van der Waals surface area contributed by atoms with Crippen molar-refractivity contribution in [1.29, 1.82) is 0 Å². The number of aromatic nitrogens is 5. The van der Waals surface area contributed by atoms with E-state index in [2.05, 4.69) is 15.1 Å². The van der Waals surface area contributed by atoms with Gasteiger partial charge in [-0.3, -0.25) is 0 Å². The highest BCUT2D eigenvalue weighted by atomic mass is 16.5. The molecule has 1 N–H and O–H groups in total. The van der Waals surface area contributed by atoms with Gasteiger partial charge >= 0.3 is 0 Å². The van der Waals surface area contributed by atoms with E-state index >= 15 is 0 Å². The summed E-state index contributed by atoms with van der Waals surface area (Å²) in [5.41, 5.74) is 4.44. The minimum Gasteiger partial charge on any atom is -0.468 e. The topological polar surface area (TPSA) is 77.5 Å². The van der Waals surface area contributed by atoms with Gasteiger partial charge in [0.15, 0.2) is 5.65 Å². The van der Waals surface area contributed by atoms with Crippen molar-refractivity contribution in [2.24, 2.45) is 7.05 Å². The van der Waals surface area contributed by atoms with Gasteiger partial charge in [0, 0.05) is 30.8 Å². The van der Waals surface area contributed by atoms with E-state index in [1.807, 2.05) is 54.2 Å². The van der Waals surface area contributed by atoms with Gasteiger partial charge in [-0.05, 0) is 18.9 Å². The van der Waals surface area contributed by atoms with Gasteiger partial charge in [-0.25, -0.2) is 14.5 Å². The summed E-state index contributed by atoms with van der Waals surface area (Å²) in [5.74, 6) is 1.75. The monoisotopic (exact) mass is 375 g/mol. The molecule has 1 aromatic carbocycles. The van der Waals surface area contributed by atoms with Crippen molar-refractivity contribution in [2.75, 3.05) is 0 Å². The van der Waals surface area contributed by atoms with E-state index in [1.165, 1.54) is 0 Å². The molecule has 3 heterocycles.